The zero-order valence-corrected chi connectivity index (χ0v) is 16.6. The van der Waals surface area contributed by atoms with Gasteiger partial charge in [-0.25, -0.2) is 4.79 Å². The number of unbranched alkanes of at least 4 members (excludes halogenated alkanes) is 3. The van der Waals surface area contributed by atoms with Gasteiger partial charge in [0.25, 0.3) is 10.1 Å². The minimum absolute atomic E-state index is 0. The second-order valence-electron chi connectivity index (χ2n) is 6.29. The first-order valence-electron chi connectivity index (χ1n) is 7.22. The summed E-state index contributed by atoms with van der Waals surface area (Å²) >= 11 is 0. The molecule has 1 rings (SSSR count). The number of amides is 1. The molecule has 3 N–H and O–H groups in total. The second-order valence-corrected chi connectivity index (χ2v) is 7.86. The molecule has 0 aromatic carbocycles. The van der Waals surface area contributed by atoms with Crippen molar-refractivity contribution in [1.82, 2.24) is 5.32 Å². The Bertz CT molecular complexity index is 576. The van der Waals surface area contributed by atoms with E-state index in [1.165, 1.54) is 6.08 Å². The van der Waals surface area contributed by atoms with Crippen LogP contribution in [0.1, 0.15) is 47.4 Å². The van der Waals surface area contributed by atoms with Crippen molar-refractivity contribution in [1.29, 1.82) is 0 Å². The molecule has 1 aliphatic carbocycles. The van der Waals surface area contributed by atoms with Crippen molar-refractivity contribution in [3.63, 3.8) is 0 Å². The Balaban J connectivity index is 0. The van der Waals surface area contributed by atoms with E-state index in [0.29, 0.717) is 25.7 Å². The molecule has 0 heterocycles. The van der Waals surface area contributed by atoms with Crippen LogP contribution in [0.15, 0.2) is 11.8 Å². The number of carbonyl (C=O) groups excluding carboxylic acids is 1. The van der Waals surface area contributed by atoms with E-state index in [2.05, 4.69) is 5.32 Å². The van der Waals surface area contributed by atoms with Crippen LogP contribution in [0, 0.1) is 11.3 Å². The number of rotatable bonds is 9. The molecular weight excluding hydrogens is 333 g/mol. The van der Waals surface area contributed by atoms with Crippen LogP contribution in [0.2, 0.25) is 0 Å². The van der Waals surface area contributed by atoms with Crippen LogP contribution in [-0.2, 0) is 19.7 Å². The van der Waals surface area contributed by atoms with Gasteiger partial charge < -0.3 is 11.8 Å². The van der Waals surface area contributed by atoms with Crippen LogP contribution in [-0.4, -0.2) is 35.7 Å². The Hall–Kier alpha value is -0.410. The maximum Gasteiger partial charge on any atom is 1.00 e. The normalized spacial score (nSPS) is 19.6. The number of nitrogens with one attached hydrogen (secondary N) is 1. The molecule has 1 fully saturated rings. The number of hydrogen-bond donors (Lipinski definition) is 3. The fraction of sp³-hybridized carbons (Fsp3) is 0.714. The van der Waals surface area contributed by atoms with Gasteiger partial charge in [0, 0.05) is 5.92 Å². The number of carbonyl (C=O) groups is 2. The van der Waals surface area contributed by atoms with Crippen molar-refractivity contribution in [2.45, 2.75) is 46.0 Å². The summed E-state index contributed by atoms with van der Waals surface area (Å²) in [6.45, 7) is 3.91. The van der Waals surface area contributed by atoms with Crippen LogP contribution in [0.4, 0.5) is 0 Å². The van der Waals surface area contributed by atoms with Gasteiger partial charge in [0.05, 0.1) is 5.75 Å². The van der Waals surface area contributed by atoms with Crippen LogP contribution < -0.4 is 34.9 Å². The quantitative estimate of drug-likeness (QED) is 0.204. The van der Waals surface area contributed by atoms with Crippen molar-refractivity contribution in [2.75, 3.05) is 5.75 Å². The summed E-state index contributed by atoms with van der Waals surface area (Å²) in [5.74, 6) is -1.91. The molecule has 0 aromatic heterocycles. The molecule has 0 saturated heterocycles. The monoisotopic (exact) mass is 357 g/mol. The first-order valence-corrected chi connectivity index (χ1v) is 8.83. The van der Waals surface area contributed by atoms with Gasteiger partial charge in [-0.3, -0.25) is 9.35 Å². The average Bonchev–Trinajstić information content (AvgIpc) is 2.99. The van der Waals surface area contributed by atoms with Crippen molar-refractivity contribution in [3.05, 3.63) is 11.8 Å². The molecule has 0 bridgehead atoms. The molecule has 1 aliphatic rings. The minimum Gasteiger partial charge on any atom is -1.00 e. The van der Waals surface area contributed by atoms with E-state index in [-0.39, 0.29) is 59.7 Å². The summed E-state index contributed by atoms with van der Waals surface area (Å²) in [6, 6.07) is 0. The van der Waals surface area contributed by atoms with Gasteiger partial charge in [-0.05, 0) is 31.1 Å². The van der Waals surface area contributed by atoms with Crippen LogP contribution in [0.25, 0.3) is 0 Å². The van der Waals surface area contributed by atoms with Crippen molar-refractivity contribution in [3.8, 4) is 0 Å². The van der Waals surface area contributed by atoms with E-state index < -0.39 is 16.1 Å². The predicted molar refractivity (Wildman–Crippen MR) is 81.7 cm³/mol. The summed E-state index contributed by atoms with van der Waals surface area (Å²) in [5.41, 5.74) is -0.203. The number of aliphatic carboxylic acids is 1. The molecule has 1 atom stereocenters. The fourth-order valence-corrected chi connectivity index (χ4v) is 2.75. The van der Waals surface area contributed by atoms with Crippen LogP contribution in [0.3, 0.4) is 0 Å². The van der Waals surface area contributed by atoms with E-state index in [1.54, 1.807) is 0 Å². The Kier molecular flexibility index (Phi) is 9.01. The molecule has 1 unspecified atom stereocenters. The van der Waals surface area contributed by atoms with Gasteiger partial charge in [0.2, 0.25) is 5.91 Å². The summed E-state index contributed by atoms with van der Waals surface area (Å²) in [7, 11) is -3.94. The van der Waals surface area contributed by atoms with Crippen LogP contribution in [0.5, 0.6) is 0 Å². The molecular formula is C14H24NNaO6S. The Morgan fingerprint density at radius 2 is 1.87 bits per heavy atom. The Morgan fingerprint density at radius 1 is 1.30 bits per heavy atom. The van der Waals surface area contributed by atoms with Gasteiger partial charge in [0.1, 0.15) is 5.70 Å². The van der Waals surface area contributed by atoms with Crippen molar-refractivity contribution in [2.24, 2.45) is 11.3 Å². The first-order chi connectivity index (χ1) is 10.0. The molecule has 9 heteroatoms. The molecule has 0 radical (unpaired) electrons. The third-order valence-electron chi connectivity index (χ3n) is 3.77. The zero-order valence-electron chi connectivity index (χ0n) is 14.8. The molecule has 0 spiro atoms. The van der Waals surface area contributed by atoms with Gasteiger partial charge >= 0.3 is 35.5 Å². The number of carboxylic acid groups (broad SMARTS) is 1. The summed E-state index contributed by atoms with van der Waals surface area (Å²) in [4.78, 5) is 23.0. The standard InChI is InChI=1S/C14H23NO6S.Na.H/c1-14(2)9-10(14)12(16)15-11(13(17)18)7-5-3-4-6-8-22(19,20)21;;/h7,10H,3-6,8-9H2,1-2H3,(H,15,16)(H,17,18)(H,19,20,21);;/q;+1;-1/b11-7+;;. The molecule has 0 aromatic rings. The maximum atomic E-state index is 11.9. The summed E-state index contributed by atoms with van der Waals surface area (Å²) < 4.78 is 29.6. The Morgan fingerprint density at radius 3 is 2.30 bits per heavy atom. The topological polar surface area (TPSA) is 121 Å². The molecule has 1 amide bonds. The van der Waals surface area contributed by atoms with Crippen molar-refractivity contribution >= 4 is 22.0 Å². The number of allylic oxidation sites excluding steroid dienone is 1. The second kappa shape index (κ2) is 9.17. The molecule has 0 aliphatic heterocycles. The SMILES string of the molecule is CC1(C)CC1C(=O)N/C(=C/CCCCCS(=O)(=O)O)C(=O)O.[H-].[Na+]. The smallest absolute Gasteiger partial charge is 1.00 e. The zero-order chi connectivity index (χ0) is 17.0. The van der Waals surface area contributed by atoms with E-state index in [4.69, 9.17) is 9.66 Å². The maximum absolute atomic E-state index is 11.9. The van der Waals surface area contributed by atoms with E-state index in [9.17, 15) is 18.0 Å². The predicted octanol–water partition coefficient (Wildman–Crippen LogP) is -1.32. The third-order valence-corrected chi connectivity index (χ3v) is 4.58. The summed E-state index contributed by atoms with van der Waals surface area (Å²) in [5, 5.41) is 11.5. The Labute approximate surface area is 160 Å². The molecule has 23 heavy (non-hydrogen) atoms. The van der Waals surface area contributed by atoms with Gasteiger partial charge in [-0.15, -0.1) is 0 Å². The number of hydrogen-bond acceptors (Lipinski definition) is 4. The van der Waals surface area contributed by atoms with E-state index >= 15 is 0 Å². The molecule has 1 saturated carbocycles. The third kappa shape index (κ3) is 8.85. The van der Waals surface area contributed by atoms with E-state index in [0.717, 1.165) is 6.42 Å². The summed E-state index contributed by atoms with van der Waals surface area (Å²) in [6.07, 6.45) is 4.05. The van der Waals surface area contributed by atoms with E-state index in [1.807, 2.05) is 13.8 Å². The molecule has 128 valence electrons. The average molecular weight is 357 g/mol. The van der Waals surface area contributed by atoms with Crippen molar-refractivity contribution < 1.29 is 58.7 Å². The molecule has 7 nitrogen and oxygen atoms in total. The number of carboxylic acids is 1. The van der Waals surface area contributed by atoms with Crippen LogP contribution >= 0.6 is 0 Å². The largest absolute Gasteiger partial charge is 1.00 e. The fourth-order valence-electron chi connectivity index (χ4n) is 2.18. The first kappa shape index (κ1) is 22.6. The van der Waals surface area contributed by atoms with Gasteiger partial charge in [-0.1, -0.05) is 26.3 Å². The van der Waals surface area contributed by atoms with Gasteiger partial charge in [-0.2, -0.15) is 8.42 Å². The minimum atomic E-state index is -3.94. The van der Waals surface area contributed by atoms with Gasteiger partial charge in [0.15, 0.2) is 0 Å².